The Morgan fingerprint density at radius 1 is 1.15 bits per heavy atom. The lowest BCUT2D eigenvalue weighted by Crippen LogP contribution is -2.20. The number of nitrogens with one attached hydrogen (secondary N) is 1. The van der Waals surface area contributed by atoms with Crippen LogP contribution in [-0.2, 0) is 10.5 Å². The first-order chi connectivity index (χ1) is 12.7. The zero-order valence-corrected chi connectivity index (χ0v) is 15.8. The van der Waals surface area contributed by atoms with Crippen LogP contribution in [0, 0.1) is 5.82 Å². The molecule has 7 heteroatoms. The maximum Gasteiger partial charge on any atom is 0.233 e. The molecule has 0 bridgehead atoms. The lowest BCUT2D eigenvalue weighted by molar-refractivity contribution is -0.117. The van der Waals surface area contributed by atoms with Crippen molar-refractivity contribution < 1.29 is 9.18 Å². The van der Waals surface area contributed by atoms with Crippen molar-refractivity contribution in [1.82, 2.24) is 10.2 Å². The first-order valence-electron chi connectivity index (χ1n) is 8.22. The van der Waals surface area contributed by atoms with Crippen LogP contribution >= 0.6 is 23.1 Å². The van der Waals surface area contributed by atoms with Gasteiger partial charge in [-0.2, -0.15) is 0 Å². The van der Waals surface area contributed by atoms with Crippen LogP contribution < -0.4 is 5.32 Å². The molecule has 0 radical (unpaired) electrons. The third-order valence-electron chi connectivity index (χ3n) is 3.84. The van der Waals surface area contributed by atoms with Crippen molar-refractivity contribution >= 4 is 34.1 Å². The van der Waals surface area contributed by atoms with E-state index >= 15 is 0 Å². The summed E-state index contributed by atoms with van der Waals surface area (Å²) in [6.07, 6.45) is 0.709. The predicted molar refractivity (Wildman–Crippen MR) is 104 cm³/mol. The van der Waals surface area contributed by atoms with Crippen molar-refractivity contribution in [2.24, 2.45) is 0 Å². The highest BCUT2D eigenvalue weighted by Crippen LogP contribution is 2.29. The number of thioether (sulfide) groups is 1. The van der Waals surface area contributed by atoms with Gasteiger partial charge in [0.2, 0.25) is 11.0 Å². The second kappa shape index (κ2) is 8.91. The van der Waals surface area contributed by atoms with Crippen LogP contribution in [0.15, 0.2) is 58.9 Å². The van der Waals surface area contributed by atoms with Crippen LogP contribution in [0.5, 0.6) is 0 Å². The molecule has 26 heavy (non-hydrogen) atoms. The number of carbonyl (C=O) groups is 1. The average molecular weight is 388 g/mol. The third-order valence-corrected chi connectivity index (χ3v) is 5.88. The fourth-order valence-corrected chi connectivity index (χ4v) is 4.21. The summed E-state index contributed by atoms with van der Waals surface area (Å²) in [6, 6.07) is 16.1. The summed E-state index contributed by atoms with van der Waals surface area (Å²) in [6.45, 7) is 1.99. The van der Waals surface area contributed by atoms with Gasteiger partial charge in [-0.1, -0.05) is 72.5 Å². The Balaban J connectivity index is 1.59. The average Bonchev–Trinajstić information content (AvgIpc) is 3.10. The van der Waals surface area contributed by atoms with Gasteiger partial charge < -0.3 is 0 Å². The van der Waals surface area contributed by atoms with Crippen molar-refractivity contribution in [3.05, 3.63) is 71.5 Å². The van der Waals surface area contributed by atoms with Crippen LogP contribution in [0.25, 0.3) is 0 Å². The Morgan fingerprint density at radius 2 is 1.88 bits per heavy atom. The molecule has 4 nitrogen and oxygen atoms in total. The van der Waals surface area contributed by atoms with Gasteiger partial charge in [-0.05, 0) is 29.7 Å². The van der Waals surface area contributed by atoms with Crippen LogP contribution in [0.3, 0.4) is 0 Å². The molecule has 1 amide bonds. The SMILES string of the molecule is CCC(C(=O)Nc1nnc(SCc2ccc(F)cc2)s1)c1ccccc1. The highest BCUT2D eigenvalue weighted by atomic mass is 32.2. The summed E-state index contributed by atoms with van der Waals surface area (Å²) in [5, 5.41) is 11.5. The Morgan fingerprint density at radius 3 is 2.58 bits per heavy atom. The molecular weight excluding hydrogens is 369 g/mol. The minimum atomic E-state index is -0.247. The zero-order chi connectivity index (χ0) is 18.4. The maximum absolute atomic E-state index is 12.9. The molecule has 3 aromatic rings. The van der Waals surface area contributed by atoms with Crippen molar-refractivity contribution in [1.29, 1.82) is 0 Å². The van der Waals surface area contributed by atoms with E-state index in [-0.39, 0.29) is 17.6 Å². The number of amides is 1. The largest absolute Gasteiger partial charge is 0.300 e. The van der Waals surface area contributed by atoms with Gasteiger partial charge >= 0.3 is 0 Å². The van der Waals surface area contributed by atoms with Gasteiger partial charge in [0, 0.05) is 5.75 Å². The van der Waals surface area contributed by atoms with Crippen molar-refractivity contribution in [2.45, 2.75) is 29.4 Å². The number of anilines is 1. The van der Waals surface area contributed by atoms with E-state index in [1.165, 1.54) is 35.2 Å². The lowest BCUT2D eigenvalue weighted by atomic mass is 9.96. The second-order valence-electron chi connectivity index (χ2n) is 5.65. The molecule has 0 aliphatic rings. The second-order valence-corrected chi connectivity index (χ2v) is 7.85. The Hall–Kier alpha value is -2.25. The van der Waals surface area contributed by atoms with Crippen molar-refractivity contribution in [2.75, 3.05) is 5.32 Å². The quantitative estimate of drug-likeness (QED) is 0.452. The number of rotatable bonds is 7. The summed E-state index contributed by atoms with van der Waals surface area (Å²) >= 11 is 2.85. The molecule has 0 spiro atoms. The van der Waals surface area contributed by atoms with Crippen LogP contribution in [0.4, 0.5) is 9.52 Å². The van der Waals surface area contributed by atoms with E-state index in [1.54, 1.807) is 12.1 Å². The van der Waals surface area contributed by atoms with E-state index in [1.807, 2.05) is 37.3 Å². The molecule has 1 unspecified atom stereocenters. The van der Waals surface area contributed by atoms with Gasteiger partial charge in [0.25, 0.3) is 0 Å². The molecule has 134 valence electrons. The standard InChI is InChI=1S/C19H18FN3OS2/c1-2-16(14-6-4-3-5-7-14)17(24)21-18-22-23-19(26-18)25-12-13-8-10-15(20)11-9-13/h3-11,16H,2,12H2,1H3,(H,21,22,24). The monoisotopic (exact) mass is 387 g/mol. The molecule has 0 saturated carbocycles. The summed E-state index contributed by atoms with van der Waals surface area (Å²) < 4.78 is 13.7. The number of benzene rings is 2. The predicted octanol–water partition coefficient (Wildman–Crippen LogP) is 5.10. The number of carbonyl (C=O) groups excluding carboxylic acids is 1. The Bertz CT molecular complexity index is 853. The van der Waals surface area contributed by atoms with Gasteiger partial charge in [0.05, 0.1) is 5.92 Å². The first-order valence-corrected chi connectivity index (χ1v) is 10.0. The number of nitrogens with zero attached hydrogens (tertiary/aromatic N) is 2. The zero-order valence-electron chi connectivity index (χ0n) is 14.2. The normalized spacial score (nSPS) is 11.9. The molecule has 3 rings (SSSR count). The van der Waals surface area contributed by atoms with E-state index in [2.05, 4.69) is 15.5 Å². The fourth-order valence-electron chi connectivity index (χ4n) is 2.49. The maximum atomic E-state index is 12.9. The van der Waals surface area contributed by atoms with Crippen LogP contribution in [0.2, 0.25) is 0 Å². The van der Waals surface area contributed by atoms with Gasteiger partial charge in [-0.15, -0.1) is 10.2 Å². The number of hydrogen-bond acceptors (Lipinski definition) is 5. The summed E-state index contributed by atoms with van der Waals surface area (Å²) in [7, 11) is 0. The molecule has 1 atom stereocenters. The lowest BCUT2D eigenvalue weighted by Gasteiger charge is -2.13. The number of hydrogen-bond donors (Lipinski definition) is 1. The summed E-state index contributed by atoms with van der Waals surface area (Å²) in [4.78, 5) is 12.6. The summed E-state index contributed by atoms with van der Waals surface area (Å²) in [5.74, 6) is 0.133. The molecule has 2 aromatic carbocycles. The molecule has 0 saturated heterocycles. The molecular formula is C19H18FN3OS2. The molecule has 0 aliphatic carbocycles. The topological polar surface area (TPSA) is 54.9 Å². The Labute approximate surface area is 159 Å². The highest BCUT2D eigenvalue weighted by Gasteiger charge is 2.20. The van der Waals surface area contributed by atoms with Crippen molar-refractivity contribution in [3.8, 4) is 0 Å². The molecule has 0 aliphatic heterocycles. The van der Waals surface area contributed by atoms with Crippen LogP contribution in [-0.4, -0.2) is 16.1 Å². The van der Waals surface area contributed by atoms with Crippen molar-refractivity contribution in [3.63, 3.8) is 0 Å². The van der Waals surface area contributed by atoms with Gasteiger partial charge in [0.1, 0.15) is 5.82 Å². The van der Waals surface area contributed by atoms with E-state index in [0.717, 1.165) is 15.5 Å². The fraction of sp³-hybridized carbons (Fsp3) is 0.211. The van der Waals surface area contributed by atoms with Gasteiger partial charge in [-0.25, -0.2) is 4.39 Å². The van der Waals surface area contributed by atoms with Crippen LogP contribution in [0.1, 0.15) is 30.4 Å². The molecule has 1 heterocycles. The minimum absolute atomic E-state index is 0.0788. The van der Waals surface area contributed by atoms with E-state index < -0.39 is 0 Å². The minimum Gasteiger partial charge on any atom is -0.300 e. The van der Waals surface area contributed by atoms with Gasteiger partial charge in [-0.3, -0.25) is 10.1 Å². The molecule has 0 fully saturated rings. The third kappa shape index (κ3) is 4.89. The summed E-state index contributed by atoms with van der Waals surface area (Å²) in [5.41, 5.74) is 2.00. The number of aromatic nitrogens is 2. The Kier molecular flexibility index (Phi) is 6.35. The highest BCUT2D eigenvalue weighted by molar-refractivity contribution is 8.00. The smallest absolute Gasteiger partial charge is 0.233 e. The van der Waals surface area contributed by atoms with Gasteiger partial charge in [0.15, 0.2) is 4.34 Å². The van der Waals surface area contributed by atoms with E-state index in [9.17, 15) is 9.18 Å². The van der Waals surface area contributed by atoms with E-state index in [0.29, 0.717) is 17.3 Å². The molecule has 1 N–H and O–H groups in total. The first kappa shape index (κ1) is 18.5. The van der Waals surface area contributed by atoms with E-state index in [4.69, 9.17) is 0 Å². The molecule has 1 aromatic heterocycles. The number of halogens is 1.